The van der Waals surface area contributed by atoms with Crippen LogP contribution in [0.4, 0.5) is 0 Å². The number of hydrogen-bond acceptors (Lipinski definition) is 7. The van der Waals surface area contributed by atoms with E-state index in [0.717, 1.165) is 5.56 Å². The maximum Gasteiger partial charge on any atom is 0.289 e. The summed E-state index contributed by atoms with van der Waals surface area (Å²) in [4.78, 5) is 28.9. The summed E-state index contributed by atoms with van der Waals surface area (Å²) in [5, 5.41) is 2.25. The molecule has 0 saturated heterocycles. The molecule has 156 valence electrons. The van der Waals surface area contributed by atoms with Gasteiger partial charge in [-0.15, -0.1) is 11.3 Å². The maximum atomic E-state index is 12.3. The number of amides is 2. The van der Waals surface area contributed by atoms with Crippen LogP contribution in [0.3, 0.4) is 0 Å². The predicted molar refractivity (Wildman–Crippen MR) is 113 cm³/mol. The average molecular weight is 427 g/mol. The Morgan fingerprint density at radius 3 is 2.33 bits per heavy atom. The number of thiazole rings is 1. The monoisotopic (exact) mass is 427 g/mol. The molecule has 0 fully saturated rings. The zero-order valence-electron chi connectivity index (χ0n) is 16.7. The van der Waals surface area contributed by atoms with E-state index in [9.17, 15) is 9.59 Å². The van der Waals surface area contributed by atoms with E-state index in [0.29, 0.717) is 34.4 Å². The smallest absolute Gasteiger partial charge is 0.289 e. The van der Waals surface area contributed by atoms with Gasteiger partial charge in [0.15, 0.2) is 11.5 Å². The van der Waals surface area contributed by atoms with Crippen molar-refractivity contribution in [2.45, 2.75) is 6.92 Å². The molecule has 30 heavy (non-hydrogen) atoms. The fourth-order valence-electron chi connectivity index (χ4n) is 2.60. The third-order valence-electron chi connectivity index (χ3n) is 4.08. The van der Waals surface area contributed by atoms with Crippen LogP contribution in [0, 0.1) is 0 Å². The quantitative estimate of drug-likeness (QED) is 0.562. The predicted octanol–water partition coefficient (Wildman–Crippen LogP) is 3.30. The summed E-state index contributed by atoms with van der Waals surface area (Å²) >= 11 is 1.31. The Morgan fingerprint density at radius 2 is 1.67 bits per heavy atom. The lowest BCUT2D eigenvalue weighted by Gasteiger charge is -2.08. The van der Waals surface area contributed by atoms with Crippen LogP contribution in [0.5, 0.6) is 17.2 Å². The Hall–Kier alpha value is -3.59. The molecule has 0 aliphatic heterocycles. The van der Waals surface area contributed by atoms with Gasteiger partial charge in [-0.05, 0) is 49.4 Å². The molecule has 3 aromatic rings. The maximum absolute atomic E-state index is 12.3. The first-order valence-corrected chi connectivity index (χ1v) is 9.95. The van der Waals surface area contributed by atoms with Gasteiger partial charge in [-0.1, -0.05) is 0 Å². The van der Waals surface area contributed by atoms with Gasteiger partial charge in [0.25, 0.3) is 11.8 Å². The highest BCUT2D eigenvalue weighted by Crippen LogP contribution is 2.33. The summed E-state index contributed by atoms with van der Waals surface area (Å²) in [5.41, 5.74) is 6.12. The van der Waals surface area contributed by atoms with Gasteiger partial charge in [0.1, 0.15) is 16.5 Å². The van der Waals surface area contributed by atoms with Gasteiger partial charge in [-0.2, -0.15) is 0 Å². The zero-order valence-corrected chi connectivity index (χ0v) is 17.5. The Bertz CT molecular complexity index is 1030. The van der Waals surface area contributed by atoms with Crippen molar-refractivity contribution in [2.24, 2.45) is 0 Å². The number of aromatic nitrogens is 1. The van der Waals surface area contributed by atoms with Gasteiger partial charge in [-0.25, -0.2) is 4.98 Å². The molecule has 1 heterocycles. The summed E-state index contributed by atoms with van der Waals surface area (Å²) in [7, 11) is 3.11. The molecule has 1 aromatic heterocycles. The fraction of sp³-hybridized carbons (Fsp3) is 0.190. The van der Waals surface area contributed by atoms with Crippen molar-refractivity contribution in [3.05, 3.63) is 59.1 Å². The lowest BCUT2D eigenvalue weighted by molar-refractivity contribution is 0.0844. The number of methoxy groups -OCH3 is 2. The van der Waals surface area contributed by atoms with Crippen molar-refractivity contribution < 1.29 is 23.8 Å². The van der Waals surface area contributed by atoms with Crippen molar-refractivity contribution in [3.8, 4) is 27.8 Å². The van der Waals surface area contributed by atoms with Crippen molar-refractivity contribution in [2.75, 3.05) is 20.8 Å². The largest absolute Gasteiger partial charge is 0.494 e. The summed E-state index contributed by atoms with van der Waals surface area (Å²) < 4.78 is 15.9. The molecule has 0 unspecified atom stereocenters. The van der Waals surface area contributed by atoms with E-state index in [1.165, 1.54) is 11.3 Å². The summed E-state index contributed by atoms with van der Waals surface area (Å²) in [5.74, 6) is 0.883. The van der Waals surface area contributed by atoms with Gasteiger partial charge in [0.05, 0.1) is 20.8 Å². The van der Waals surface area contributed by atoms with E-state index < -0.39 is 11.8 Å². The van der Waals surface area contributed by atoms with E-state index >= 15 is 0 Å². The van der Waals surface area contributed by atoms with Crippen LogP contribution in [-0.4, -0.2) is 37.6 Å². The van der Waals surface area contributed by atoms with Crippen LogP contribution in [0.15, 0.2) is 47.8 Å². The fourth-order valence-corrected chi connectivity index (χ4v) is 3.40. The molecule has 2 aromatic carbocycles. The van der Waals surface area contributed by atoms with E-state index in [1.54, 1.807) is 56.0 Å². The van der Waals surface area contributed by atoms with Gasteiger partial charge in [0, 0.05) is 16.5 Å². The molecule has 0 saturated carbocycles. The number of rotatable bonds is 7. The number of carbonyl (C=O) groups is 2. The van der Waals surface area contributed by atoms with Gasteiger partial charge in [0.2, 0.25) is 0 Å². The van der Waals surface area contributed by atoms with E-state index in [1.807, 2.05) is 13.0 Å². The standard InChI is InChI=1S/C21H21N3O5S/c1-4-29-15-8-5-13(6-9-15)19(25)23-24-20(26)16-12-30-21(22-16)14-7-10-17(27-2)18(11-14)28-3/h5-12H,4H2,1-3H3,(H,23,25)(H,24,26). The average Bonchev–Trinajstić information content (AvgIpc) is 3.28. The number of ether oxygens (including phenoxy) is 3. The molecule has 2 amide bonds. The minimum absolute atomic E-state index is 0.191. The molecule has 9 heteroatoms. The van der Waals surface area contributed by atoms with E-state index in [2.05, 4.69) is 15.8 Å². The van der Waals surface area contributed by atoms with Crippen LogP contribution >= 0.6 is 11.3 Å². The van der Waals surface area contributed by atoms with E-state index in [-0.39, 0.29) is 5.69 Å². The first kappa shape index (κ1) is 21.1. The Balaban J connectivity index is 1.63. The number of nitrogens with one attached hydrogen (secondary N) is 2. The van der Waals surface area contributed by atoms with Crippen molar-refractivity contribution in [1.82, 2.24) is 15.8 Å². The number of nitrogens with zero attached hydrogens (tertiary/aromatic N) is 1. The van der Waals surface area contributed by atoms with E-state index in [4.69, 9.17) is 14.2 Å². The van der Waals surface area contributed by atoms with Gasteiger partial charge in [-0.3, -0.25) is 20.4 Å². The third kappa shape index (κ3) is 4.87. The molecule has 0 bridgehead atoms. The van der Waals surface area contributed by atoms with Crippen LogP contribution in [0.25, 0.3) is 10.6 Å². The number of benzene rings is 2. The minimum atomic E-state index is -0.516. The number of carbonyl (C=O) groups excluding carboxylic acids is 2. The molecule has 0 atom stereocenters. The second-order valence-corrected chi connectivity index (χ2v) is 6.83. The molecule has 8 nitrogen and oxygen atoms in total. The molecule has 0 radical (unpaired) electrons. The van der Waals surface area contributed by atoms with Crippen LogP contribution in [-0.2, 0) is 0 Å². The highest BCUT2D eigenvalue weighted by molar-refractivity contribution is 7.13. The van der Waals surface area contributed by atoms with Crippen LogP contribution < -0.4 is 25.1 Å². The van der Waals surface area contributed by atoms with Crippen molar-refractivity contribution >= 4 is 23.2 Å². The van der Waals surface area contributed by atoms with Gasteiger partial charge >= 0.3 is 0 Å². The van der Waals surface area contributed by atoms with Crippen LogP contribution in [0.1, 0.15) is 27.8 Å². The Morgan fingerprint density at radius 1 is 0.967 bits per heavy atom. The first-order valence-electron chi connectivity index (χ1n) is 9.07. The zero-order chi connectivity index (χ0) is 21.5. The molecule has 3 rings (SSSR count). The summed E-state index contributed by atoms with van der Waals surface area (Å²) in [6.07, 6.45) is 0. The summed E-state index contributed by atoms with van der Waals surface area (Å²) in [6.45, 7) is 2.42. The molecular formula is C21H21N3O5S. The lowest BCUT2D eigenvalue weighted by Crippen LogP contribution is -2.41. The molecule has 0 aliphatic carbocycles. The second-order valence-electron chi connectivity index (χ2n) is 5.97. The second kappa shape index (κ2) is 9.75. The highest BCUT2D eigenvalue weighted by atomic mass is 32.1. The molecular weight excluding hydrogens is 406 g/mol. The lowest BCUT2D eigenvalue weighted by atomic mass is 10.2. The number of hydrogen-bond donors (Lipinski definition) is 2. The first-order chi connectivity index (χ1) is 14.5. The number of hydrazine groups is 1. The highest BCUT2D eigenvalue weighted by Gasteiger charge is 2.15. The molecule has 2 N–H and O–H groups in total. The van der Waals surface area contributed by atoms with Crippen molar-refractivity contribution in [1.29, 1.82) is 0 Å². The minimum Gasteiger partial charge on any atom is -0.494 e. The van der Waals surface area contributed by atoms with Crippen molar-refractivity contribution in [3.63, 3.8) is 0 Å². The SMILES string of the molecule is CCOc1ccc(C(=O)NNC(=O)c2csc(-c3ccc(OC)c(OC)c3)n2)cc1. The van der Waals surface area contributed by atoms with Gasteiger partial charge < -0.3 is 14.2 Å². The third-order valence-corrected chi connectivity index (χ3v) is 4.98. The molecule has 0 spiro atoms. The molecule has 0 aliphatic rings. The Kier molecular flexibility index (Phi) is 6.87. The normalized spacial score (nSPS) is 10.2. The Labute approximate surface area is 177 Å². The van der Waals surface area contributed by atoms with Crippen LogP contribution in [0.2, 0.25) is 0 Å². The summed E-state index contributed by atoms with van der Waals surface area (Å²) in [6, 6.07) is 12.0. The topological polar surface area (TPSA) is 98.8 Å².